The van der Waals surface area contributed by atoms with Crippen LogP contribution in [0.3, 0.4) is 0 Å². The van der Waals surface area contributed by atoms with Crippen LogP contribution in [0.4, 0.5) is 0 Å². The third-order valence-electron chi connectivity index (χ3n) is 4.52. The average Bonchev–Trinajstić information content (AvgIpc) is 3.10. The van der Waals surface area contributed by atoms with Crippen molar-refractivity contribution in [3.05, 3.63) is 65.5 Å². The van der Waals surface area contributed by atoms with Crippen LogP contribution in [0.5, 0.6) is 5.88 Å². The van der Waals surface area contributed by atoms with E-state index in [1.54, 1.807) is 31.5 Å². The van der Waals surface area contributed by atoms with Gasteiger partial charge in [-0.1, -0.05) is 0 Å². The summed E-state index contributed by atoms with van der Waals surface area (Å²) in [6.45, 7) is 1.89. The van der Waals surface area contributed by atoms with Crippen LogP contribution in [0.15, 0.2) is 48.7 Å². The molecule has 0 aliphatic rings. The molecule has 1 amide bonds. The van der Waals surface area contributed by atoms with Gasteiger partial charge >= 0.3 is 5.97 Å². The molecule has 0 saturated carbocycles. The highest BCUT2D eigenvalue weighted by molar-refractivity contribution is 5.93. The summed E-state index contributed by atoms with van der Waals surface area (Å²) in [5.74, 6) is -0.844. The van der Waals surface area contributed by atoms with Crippen LogP contribution in [0, 0.1) is 6.92 Å². The molecule has 144 valence electrons. The molecule has 7 heteroatoms. The molecule has 0 saturated heterocycles. The Morgan fingerprint density at radius 1 is 1.18 bits per heavy atom. The van der Waals surface area contributed by atoms with E-state index >= 15 is 0 Å². The number of carbonyl (C=O) groups is 2. The van der Waals surface area contributed by atoms with Gasteiger partial charge in [0.15, 0.2) is 0 Å². The second-order valence-electron chi connectivity index (χ2n) is 6.39. The standard InChI is InChI=1S/C21H21N3O4/c1-13-11-14(21(22)27)3-7-17(13)24-16(6-10-20(25)26)5-8-18(24)15-4-9-19(28-2)23-12-15/h3-5,7-9,11-12H,6,10H2,1-2H3,(H2,22,27)(H,25,26). The number of aryl methyl sites for hydroxylation is 2. The maximum absolute atomic E-state index is 11.5. The summed E-state index contributed by atoms with van der Waals surface area (Å²) < 4.78 is 7.11. The van der Waals surface area contributed by atoms with Gasteiger partial charge < -0.3 is 20.1 Å². The Morgan fingerprint density at radius 2 is 1.96 bits per heavy atom. The molecule has 3 N–H and O–H groups in total. The quantitative estimate of drug-likeness (QED) is 0.656. The number of benzene rings is 1. The molecule has 2 heterocycles. The fraction of sp³-hybridized carbons (Fsp3) is 0.190. The van der Waals surface area contributed by atoms with E-state index in [1.807, 2.05) is 35.8 Å². The first kappa shape index (κ1) is 19.2. The number of nitrogens with zero attached hydrogens (tertiary/aromatic N) is 2. The number of primary amides is 1. The highest BCUT2D eigenvalue weighted by atomic mass is 16.5. The Hall–Kier alpha value is -3.61. The largest absolute Gasteiger partial charge is 0.481 e. The van der Waals surface area contributed by atoms with Crippen molar-refractivity contribution in [3.63, 3.8) is 0 Å². The number of carbonyl (C=O) groups excluding carboxylic acids is 1. The first-order valence-electron chi connectivity index (χ1n) is 8.74. The first-order valence-corrected chi connectivity index (χ1v) is 8.74. The molecule has 7 nitrogen and oxygen atoms in total. The van der Waals surface area contributed by atoms with Gasteiger partial charge in [0.05, 0.1) is 19.2 Å². The van der Waals surface area contributed by atoms with Crippen LogP contribution >= 0.6 is 0 Å². The number of hydrogen-bond donors (Lipinski definition) is 2. The van der Waals surface area contributed by atoms with Crippen LogP contribution in [-0.4, -0.2) is 33.6 Å². The molecule has 0 aliphatic carbocycles. The minimum Gasteiger partial charge on any atom is -0.481 e. The SMILES string of the molecule is COc1ccc(-c2ccc(CCC(=O)O)n2-c2ccc(C(N)=O)cc2C)cn1. The molecule has 0 aliphatic heterocycles. The molecule has 0 atom stereocenters. The van der Waals surface area contributed by atoms with E-state index in [0.717, 1.165) is 28.2 Å². The summed E-state index contributed by atoms with van der Waals surface area (Å²) >= 11 is 0. The van der Waals surface area contributed by atoms with E-state index in [0.29, 0.717) is 17.9 Å². The fourth-order valence-corrected chi connectivity index (χ4v) is 3.13. The van der Waals surface area contributed by atoms with Crippen molar-refractivity contribution in [2.45, 2.75) is 19.8 Å². The van der Waals surface area contributed by atoms with Crippen molar-refractivity contribution in [2.24, 2.45) is 5.73 Å². The minimum absolute atomic E-state index is 0.0166. The summed E-state index contributed by atoms with van der Waals surface area (Å²) in [7, 11) is 1.55. The van der Waals surface area contributed by atoms with Crippen molar-refractivity contribution in [3.8, 4) is 22.8 Å². The number of methoxy groups -OCH3 is 1. The Kier molecular flexibility index (Phi) is 5.44. The van der Waals surface area contributed by atoms with Gasteiger partial charge in [0.2, 0.25) is 11.8 Å². The maximum atomic E-state index is 11.5. The molecule has 1 aromatic carbocycles. The topological polar surface area (TPSA) is 107 Å². The van der Waals surface area contributed by atoms with Crippen molar-refractivity contribution in [1.29, 1.82) is 0 Å². The van der Waals surface area contributed by atoms with Gasteiger partial charge in [-0.05, 0) is 55.3 Å². The molecule has 0 bridgehead atoms. The van der Waals surface area contributed by atoms with E-state index < -0.39 is 11.9 Å². The number of nitrogens with two attached hydrogens (primary N) is 1. The summed E-state index contributed by atoms with van der Waals surface area (Å²) in [6, 6.07) is 12.7. The van der Waals surface area contributed by atoms with Crippen molar-refractivity contribution in [1.82, 2.24) is 9.55 Å². The zero-order chi connectivity index (χ0) is 20.3. The molecular weight excluding hydrogens is 358 g/mol. The van der Waals surface area contributed by atoms with Crippen LogP contribution < -0.4 is 10.5 Å². The van der Waals surface area contributed by atoms with E-state index in [1.165, 1.54) is 0 Å². The lowest BCUT2D eigenvalue weighted by atomic mass is 10.1. The Labute approximate surface area is 162 Å². The van der Waals surface area contributed by atoms with Crippen LogP contribution in [0.2, 0.25) is 0 Å². The molecule has 0 unspecified atom stereocenters. The molecule has 0 spiro atoms. The number of hydrogen-bond acceptors (Lipinski definition) is 4. The molecule has 0 fully saturated rings. The maximum Gasteiger partial charge on any atom is 0.303 e. The third-order valence-corrected chi connectivity index (χ3v) is 4.52. The van der Waals surface area contributed by atoms with E-state index in [-0.39, 0.29) is 6.42 Å². The number of aliphatic carboxylic acids is 1. The highest BCUT2D eigenvalue weighted by Gasteiger charge is 2.16. The molecule has 2 aromatic heterocycles. The Balaban J connectivity index is 2.14. The van der Waals surface area contributed by atoms with Crippen LogP contribution in [0.25, 0.3) is 16.9 Å². The number of rotatable bonds is 7. The zero-order valence-electron chi connectivity index (χ0n) is 15.7. The predicted octanol–water partition coefficient (Wildman–Crippen LogP) is 2.97. The lowest BCUT2D eigenvalue weighted by molar-refractivity contribution is -0.136. The first-order chi connectivity index (χ1) is 13.4. The van der Waals surface area contributed by atoms with Crippen molar-refractivity contribution < 1.29 is 19.4 Å². The van der Waals surface area contributed by atoms with Gasteiger partial charge in [-0.2, -0.15) is 0 Å². The lowest BCUT2D eigenvalue weighted by Crippen LogP contribution is -2.12. The molecule has 0 radical (unpaired) electrons. The van der Waals surface area contributed by atoms with Crippen molar-refractivity contribution in [2.75, 3.05) is 7.11 Å². The number of carboxylic acids is 1. The number of ether oxygens (including phenoxy) is 1. The number of pyridine rings is 1. The van der Waals surface area contributed by atoms with E-state index in [4.69, 9.17) is 15.6 Å². The van der Waals surface area contributed by atoms with Gasteiger partial charge in [0.25, 0.3) is 0 Å². The molecule has 3 rings (SSSR count). The zero-order valence-corrected chi connectivity index (χ0v) is 15.7. The van der Waals surface area contributed by atoms with Gasteiger partial charge in [0, 0.05) is 34.8 Å². The number of carboxylic acid groups (broad SMARTS) is 1. The monoisotopic (exact) mass is 379 g/mol. The Bertz CT molecular complexity index is 1020. The van der Waals surface area contributed by atoms with Gasteiger partial charge in [0.1, 0.15) is 0 Å². The fourth-order valence-electron chi connectivity index (χ4n) is 3.13. The summed E-state index contributed by atoms with van der Waals surface area (Å²) in [5, 5.41) is 9.09. The van der Waals surface area contributed by atoms with Crippen molar-refractivity contribution >= 4 is 11.9 Å². The Morgan fingerprint density at radius 3 is 2.54 bits per heavy atom. The summed E-state index contributed by atoms with van der Waals surface area (Å²) in [6.07, 6.45) is 2.09. The normalized spacial score (nSPS) is 10.6. The second-order valence-corrected chi connectivity index (χ2v) is 6.39. The van der Waals surface area contributed by atoms with Gasteiger partial charge in [-0.3, -0.25) is 9.59 Å². The summed E-state index contributed by atoms with van der Waals surface area (Å²) in [5.41, 5.74) is 10.1. The van der Waals surface area contributed by atoms with E-state index in [2.05, 4.69) is 4.98 Å². The van der Waals surface area contributed by atoms with E-state index in [9.17, 15) is 9.59 Å². The molecular formula is C21H21N3O4. The highest BCUT2D eigenvalue weighted by Crippen LogP contribution is 2.29. The second kappa shape index (κ2) is 7.96. The van der Waals surface area contributed by atoms with Gasteiger partial charge in [-0.15, -0.1) is 0 Å². The number of amides is 1. The van der Waals surface area contributed by atoms with Gasteiger partial charge in [-0.25, -0.2) is 4.98 Å². The lowest BCUT2D eigenvalue weighted by Gasteiger charge is -2.17. The smallest absolute Gasteiger partial charge is 0.303 e. The average molecular weight is 379 g/mol. The summed E-state index contributed by atoms with van der Waals surface area (Å²) in [4.78, 5) is 26.8. The molecule has 28 heavy (non-hydrogen) atoms. The minimum atomic E-state index is -0.860. The van der Waals surface area contributed by atoms with Crippen LogP contribution in [-0.2, 0) is 11.2 Å². The van der Waals surface area contributed by atoms with Crippen LogP contribution in [0.1, 0.15) is 28.0 Å². The molecule has 3 aromatic rings. The predicted molar refractivity (Wildman–Crippen MR) is 105 cm³/mol. The third kappa shape index (κ3) is 3.88. The number of aromatic nitrogens is 2.